The lowest BCUT2D eigenvalue weighted by molar-refractivity contribution is -0.385. The van der Waals surface area contributed by atoms with Crippen molar-refractivity contribution in [3.8, 4) is 5.75 Å². The molecule has 2 amide bonds. The van der Waals surface area contributed by atoms with E-state index in [1.165, 1.54) is 30.6 Å². The minimum Gasteiger partial charge on any atom is -0.477 e. The highest BCUT2D eigenvalue weighted by Crippen LogP contribution is 2.25. The largest absolute Gasteiger partial charge is 0.477 e. The molecule has 10 heteroatoms. The summed E-state index contributed by atoms with van der Waals surface area (Å²) in [5.74, 6) is -0.866. The van der Waals surface area contributed by atoms with Gasteiger partial charge in [0.15, 0.2) is 12.4 Å². The Bertz CT molecular complexity index is 1160. The van der Waals surface area contributed by atoms with Crippen molar-refractivity contribution in [2.75, 3.05) is 11.9 Å². The minimum atomic E-state index is -0.587. The minimum absolute atomic E-state index is 0.00834. The maximum Gasteiger partial charge on any atom is 0.310 e. The molecule has 2 N–H and O–H groups in total. The first-order chi connectivity index (χ1) is 15.4. The number of aromatic nitrogens is 1. The van der Waals surface area contributed by atoms with Crippen LogP contribution in [-0.2, 0) is 4.79 Å². The van der Waals surface area contributed by atoms with E-state index >= 15 is 0 Å². The van der Waals surface area contributed by atoms with E-state index in [0.29, 0.717) is 22.5 Å². The lowest BCUT2D eigenvalue weighted by Crippen LogP contribution is -2.25. The summed E-state index contributed by atoms with van der Waals surface area (Å²) >= 11 is 0. The molecule has 0 bridgehead atoms. The summed E-state index contributed by atoms with van der Waals surface area (Å²) < 4.78 is 5.23. The third-order valence-corrected chi connectivity index (χ3v) is 4.25. The second-order valence-electron chi connectivity index (χ2n) is 6.52. The number of carbonyl (C=O) groups is 2. The number of ether oxygens (including phenoxy) is 1. The van der Waals surface area contributed by atoms with Crippen LogP contribution in [0, 0.1) is 10.1 Å². The van der Waals surface area contributed by atoms with E-state index in [2.05, 4.69) is 20.8 Å². The first kappa shape index (κ1) is 22.1. The second kappa shape index (κ2) is 10.4. The zero-order valence-electron chi connectivity index (χ0n) is 17.0. The average molecular weight is 433 g/mol. The lowest BCUT2D eigenvalue weighted by Gasteiger charge is -2.08. The van der Waals surface area contributed by atoms with Gasteiger partial charge in [-0.05, 0) is 42.8 Å². The van der Waals surface area contributed by atoms with Crippen molar-refractivity contribution in [3.05, 3.63) is 94.3 Å². The molecule has 0 atom stereocenters. The van der Waals surface area contributed by atoms with E-state index in [0.717, 1.165) is 0 Å². The molecule has 0 radical (unpaired) electrons. The Morgan fingerprint density at radius 1 is 1.06 bits per heavy atom. The number of rotatable bonds is 8. The summed E-state index contributed by atoms with van der Waals surface area (Å²) in [6.07, 6.45) is 3.06. The number of hydrogen-bond donors (Lipinski definition) is 2. The quantitative estimate of drug-likeness (QED) is 0.318. The molecular formula is C22H19N5O5. The SMILES string of the molecule is CC(=NNC(=O)COc1ccccc1[N+](=O)[O-])c1cccc(NC(=O)c2ccncc2)c1. The number of hydrazone groups is 1. The van der Waals surface area contributed by atoms with Crippen molar-refractivity contribution in [3.63, 3.8) is 0 Å². The molecule has 0 saturated carbocycles. The van der Waals surface area contributed by atoms with Crippen molar-refractivity contribution < 1.29 is 19.2 Å². The highest BCUT2D eigenvalue weighted by molar-refractivity contribution is 6.05. The normalized spacial score (nSPS) is 10.8. The van der Waals surface area contributed by atoms with Crippen LogP contribution in [0.5, 0.6) is 5.75 Å². The number of nitrogens with one attached hydrogen (secondary N) is 2. The number of nitro benzene ring substituents is 1. The van der Waals surface area contributed by atoms with Crippen molar-refractivity contribution in [1.29, 1.82) is 0 Å². The van der Waals surface area contributed by atoms with Gasteiger partial charge in [-0.25, -0.2) is 5.43 Å². The Labute approximate surface area is 183 Å². The van der Waals surface area contributed by atoms with Gasteiger partial charge >= 0.3 is 5.69 Å². The highest BCUT2D eigenvalue weighted by Gasteiger charge is 2.15. The fourth-order valence-corrected chi connectivity index (χ4v) is 2.64. The van der Waals surface area contributed by atoms with Gasteiger partial charge in [0.2, 0.25) is 0 Å². The van der Waals surface area contributed by atoms with Crippen LogP contribution >= 0.6 is 0 Å². The molecule has 0 saturated heterocycles. The number of para-hydroxylation sites is 2. The van der Waals surface area contributed by atoms with Crippen molar-refractivity contribution in [1.82, 2.24) is 10.4 Å². The number of amides is 2. The van der Waals surface area contributed by atoms with Crippen LogP contribution in [0.3, 0.4) is 0 Å². The van der Waals surface area contributed by atoms with Gasteiger partial charge in [0.05, 0.1) is 10.6 Å². The highest BCUT2D eigenvalue weighted by atomic mass is 16.6. The third kappa shape index (κ3) is 5.95. The second-order valence-corrected chi connectivity index (χ2v) is 6.52. The Kier molecular flexibility index (Phi) is 7.20. The number of nitrogens with zero attached hydrogens (tertiary/aromatic N) is 3. The molecule has 0 spiro atoms. The first-order valence-electron chi connectivity index (χ1n) is 9.45. The van der Waals surface area contributed by atoms with Gasteiger partial charge in [0.25, 0.3) is 11.8 Å². The molecule has 0 fully saturated rings. The number of benzene rings is 2. The van der Waals surface area contributed by atoms with Gasteiger partial charge in [-0.15, -0.1) is 0 Å². The monoisotopic (exact) mass is 433 g/mol. The molecule has 0 aliphatic rings. The van der Waals surface area contributed by atoms with E-state index in [1.54, 1.807) is 49.4 Å². The van der Waals surface area contributed by atoms with E-state index in [-0.39, 0.29) is 17.3 Å². The Morgan fingerprint density at radius 3 is 2.56 bits per heavy atom. The number of nitro groups is 1. The topological polar surface area (TPSA) is 136 Å². The Morgan fingerprint density at radius 2 is 1.81 bits per heavy atom. The predicted octanol–water partition coefficient (Wildman–Crippen LogP) is 3.16. The molecule has 3 rings (SSSR count). The maximum absolute atomic E-state index is 12.3. The van der Waals surface area contributed by atoms with Crippen LogP contribution in [0.4, 0.5) is 11.4 Å². The van der Waals surface area contributed by atoms with Crippen LogP contribution in [0.2, 0.25) is 0 Å². The molecule has 1 heterocycles. The summed E-state index contributed by atoms with van der Waals surface area (Å²) in [6, 6.07) is 16.0. The van der Waals surface area contributed by atoms with Crippen LogP contribution in [0.25, 0.3) is 0 Å². The van der Waals surface area contributed by atoms with E-state index in [4.69, 9.17) is 4.74 Å². The van der Waals surface area contributed by atoms with Crippen LogP contribution < -0.4 is 15.5 Å². The summed E-state index contributed by atoms with van der Waals surface area (Å²) in [5.41, 5.74) is 4.32. The smallest absolute Gasteiger partial charge is 0.310 e. The summed E-state index contributed by atoms with van der Waals surface area (Å²) in [5, 5.41) is 17.8. The van der Waals surface area contributed by atoms with Crippen molar-refractivity contribution in [2.45, 2.75) is 6.92 Å². The Hall–Kier alpha value is -4.60. The first-order valence-corrected chi connectivity index (χ1v) is 9.45. The van der Waals surface area contributed by atoms with Crippen molar-refractivity contribution >= 4 is 28.9 Å². The predicted molar refractivity (Wildman–Crippen MR) is 118 cm³/mol. The van der Waals surface area contributed by atoms with Crippen LogP contribution in [0.1, 0.15) is 22.8 Å². The van der Waals surface area contributed by atoms with Gasteiger partial charge in [0.1, 0.15) is 0 Å². The molecular weight excluding hydrogens is 414 g/mol. The molecule has 162 valence electrons. The zero-order chi connectivity index (χ0) is 22.9. The summed E-state index contributed by atoms with van der Waals surface area (Å²) in [7, 11) is 0. The van der Waals surface area contributed by atoms with Gasteiger partial charge < -0.3 is 10.1 Å². The fourth-order valence-electron chi connectivity index (χ4n) is 2.64. The third-order valence-electron chi connectivity index (χ3n) is 4.25. The molecule has 32 heavy (non-hydrogen) atoms. The zero-order valence-corrected chi connectivity index (χ0v) is 17.0. The van der Waals surface area contributed by atoms with E-state index in [9.17, 15) is 19.7 Å². The summed E-state index contributed by atoms with van der Waals surface area (Å²) in [6.45, 7) is 1.25. The average Bonchev–Trinajstić information content (AvgIpc) is 2.82. The van der Waals surface area contributed by atoms with E-state index in [1.807, 2.05) is 0 Å². The molecule has 2 aromatic carbocycles. The molecule has 0 aliphatic heterocycles. The number of carbonyl (C=O) groups excluding carboxylic acids is 2. The fraction of sp³-hybridized carbons (Fsp3) is 0.0909. The molecule has 0 aliphatic carbocycles. The molecule has 1 aromatic heterocycles. The number of pyridine rings is 1. The summed E-state index contributed by atoms with van der Waals surface area (Å²) in [4.78, 5) is 38.6. The maximum atomic E-state index is 12.3. The van der Waals surface area contributed by atoms with Gasteiger partial charge in [0, 0.05) is 29.7 Å². The van der Waals surface area contributed by atoms with Gasteiger partial charge in [-0.3, -0.25) is 24.7 Å². The van der Waals surface area contributed by atoms with Crippen molar-refractivity contribution in [2.24, 2.45) is 5.10 Å². The lowest BCUT2D eigenvalue weighted by atomic mass is 10.1. The molecule has 10 nitrogen and oxygen atoms in total. The van der Waals surface area contributed by atoms with E-state index < -0.39 is 17.4 Å². The number of anilines is 1. The van der Waals surface area contributed by atoms with Gasteiger partial charge in [-0.1, -0.05) is 24.3 Å². The number of hydrogen-bond acceptors (Lipinski definition) is 7. The van der Waals surface area contributed by atoms with Crippen LogP contribution in [0.15, 0.2) is 78.2 Å². The van der Waals surface area contributed by atoms with Crippen LogP contribution in [-0.4, -0.2) is 34.0 Å². The molecule has 3 aromatic rings. The molecule has 0 unspecified atom stereocenters. The Balaban J connectivity index is 1.59. The van der Waals surface area contributed by atoms with Gasteiger partial charge in [-0.2, -0.15) is 5.10 Å². The standard InChI is InChI=1S/C22H19N5O5/c1-15(25-26-21(28)14-32-20-8-3-2-7-19(20)27(30)31)17-5-4-6-18(13-17)24-22(29)16-9-11-23-12-10-16/h2-13H,14H2,1H3,(H,24,29)(H,26,28).